The van der Waals surface area contributed by atoms with E-state index >= 15 is 0 Å². The fourth-order valence-corrected chi connectivity index (χ4v) is 1.58. The van der Waals surface area contributed by atoms with E-state index in [4.69, 9.17) is 9.84 Å². The zero-order valence-electron chi connectivity index (χ0n) is 9.47. The highest BCUT2D eigenvalue weighted by atomic mass is 16.5. The Bertz CT molecular complexity index is 494. The number of ether oxygens (including phenoxy) is 1. The van der Waals surface area contributed by atoms with Gasteiger partial charge in [-0.15, -0.1) is 0 Å². The minimum Gasteiger partial charge on any atom is -0.491 e. The number of aliphatic hydroxyl groups is 1. The molecule has 0 atom stereocenters. The molecule has 0 saturated heterocycles. The normalized spacial score (nSPS) is 11.0. The van der Waals surface area contributed by atoms with Crippen molar-refractivity contribution < 1.29 is 9.84 Å². The van der Waals surface area contributed by atoms with Crippen LogP contribution in [0.5, 0.6) is 5.75 Å². The molecule has 16 heavy (non-hydrogen) atoms. The number of hydrogen-bond acceptors (Lipinski definition) is 3. The molecule has 1 aromatic carbocycles. The highest BCUT2D eigenvalue weighted by molar-refractivity contribution is 5.80. The van der Waals surface area contributed by atoms with Crippen molar-refractivity contribution in [1.82, 2.24) is 4.98 Å². The summed E-state index contributed by atoms with van der Waals surface area (Å²) in [6.07, 6.45) is 0.169. The van der Waals surface area contributed by atoms with Gasteiger partial charge < -0.3 is 9.84 Å². The van der Waals surface area contributed by atoms with Crippen LogP contribution >= 0.6 is 0 Å². The SMILES string of the molecule is CC(C)Oc1ccc2nc(CO)ccc2c1. The van der Waals surface area contributed by atoms with Crippen molar-refractivity contribution >= 4 is 10.9 Å². The molecule has 1 N–H and O–H groups in total. The van der Waals surface area contributed by atoms with Gasteiger partial charge in [0.05, 0.1) is 23.9 Å². The molecule has 3 heteroatoms. The average Bonchev–Trinajstić information content (AvgIpc) is 2.27. The van der Waals surface area contributed by atoms with Crippen LogP contribution in [0.15, 0.2) is 30.3 Å². The lowest BCUT2D eigenvalue weighted by Crippen LogP contribution is -2.05. The van der Waals surface area contributed by atoms with Crippen molar-refractivity contribution in [1.29, 1.82) is 0 Å². The number of hydrogen-bond donors (Lipinski definition) is 1. The van der Waals surface area contributed by atoms with Gasteiger partial charge in [0.1, 0.15) is 5.75 Å². The van der Waals surface area contributed by atoms with Crippen LogP contribution in [-0.4, -0.2) is 16.2 Å². The van der Waals surface area contributed by atoms with E-state index in [9.17, 15) is 0 Å². The molecular weight excluding hydrogens is 202 g/mol. The van der Waals surface area contributed by atoms with Crippen LogP contribution in [0.25, 0.3) is 10.9 Å². The Hall–Kier alpha value is -1.61. The summed E-state index contributed by atoms with van der Waals surface area (Å²) in [5.74, 6) is 0.848. The molecule has 0 aliphatic heterocycles. The second kappa shape index (κ2) is 4.49. The molecule has 0 unspecified atom stereocenters. The van der Waals surface area contributed by atoms with Crippen LogP contribution in [0.2, 0.25) is 0 Å². The summed E-state index contributed by atoms with van der Waals surface area (Å²) in [6, 6.07) is 9.54. The van der Waals surface area contributed by atoms with E-state index in [2.05, 4.69) is 4.98 Å². The lowest BCUT2D eigenvalue weighted by atomic mass is 10.2. The van der Waals surface area contributed by atoms with E-state index in [0.717, 1.165) is 16.7 Å². The third kappa shape index (κ3) is 2.31. The van der Waals surface area contributed by atoms with Gasteiger partial charge in [-0.25, -0.2) is 0 Å². The van der Waals surface area contributed by atoms with Crippen LogP contribution in [0.3, 0.4) is 0 Å². The second-order valence-corrected chi connectivity index (χ2v) is 3.98. The van der Waals surface area contributed by atoms with E-state index in [1.807, 2.05) is 44.2 Å². The van der Waals surface area contributed by atoms with Gasteiger partial charge >= 0.3 is 0 Å². The van der Waals surface area contributed by atoms with E-state index < -0.39 is 0 Å². The van der Waals surface area contributed by atoms with Crippen LogP contribution in [-0.2, 0) is 6.61 Å². The molecule has 1 heterocycles. The summed E-state index contributed by atoms with van der Waals surface area (Å²) in [6.45, 7) is 3.97. The molecule has 2 rings (SSSR count). The fraction of sp³-hybridized carbons (Fsp3) is 0.308. The molecule has 2 aromatic rings. The Balaban J connectivity index is 2.39. The largest absolute Gasteiger partial charge is 0.491 e. The lowest BCUT2D eigenvalue weighted by Gasteiger charge is -2.10. The van der Waals surface area contributed by atoms with Gasteiger partial charge in [-0.2, -0.15) is 0 Å². The van der Waals surface area contributed by atoms with Crippen LogP contribution in [0.4, 0.5) is 0 Å². The Kier molecular flexibility index (Phi) is 3.06. The fourth-order valence-electron chi connectivity index (χ4n) is 1.58. The minimum absolute atomic E-state index is 0.0276. The third-order valence-electron chi connectivity index (χ3n) is 2.25. The number of aromatic nitrogens is 1. The first-order chi connectivity index (χ1) is 7.69. The molecule has 0 fully saturated rings. The predicted octanol–water partition coefficient (Wildman–Crippen LogP) is 2.51. The van der Waals surface area contributed by atoms with Gasteiger partial charge in [0.25, 0.3) is 0 Å². The maximum absolute atomic E-state index is 8.98. The number of benzene rings is 1. The third-order valence-corrected chi connectivity index (χ3v) is 2.25. The number of nitrogens with zero attached hydrogens (tertiary/aromatic N) is 1. The summed E-state index contributed by atoms with van der Waals surface area (Å²) in [7, 11) is 0. The first-order valence-corrected chi connectivity index (χ1v) is 5.36. The van der Waals surface area contributed by atoms with Gasteiger partial charge in [0.15, 0.2) is 0 Å². The molecule has 0 spiro atoms. The molecule has 0 amide bonds. The van der Waals surface area contributed by atoms with Gasteiger partial charge in [0, 0.05) is 5.39 Å². The maximum atomic E-state index is 8.98. The van der Waals surface area contributed by atoms with Crippen molar-refractivity contribution in [3.05, 3.63) is 36.0 Å². The Labute approximate surface area is 94.7 Å². The van der Waals surface area contributed by atoms with Crippen molar-refractivity contribution in [2.45, 2.75) is 26.6 Å². The highest BCUT2D eigenvalue weighted by Crippen LogP contribution is 2.20. The van der Waals surface area contributed by atoms with Crippen molar-refractivity contribution in [3.63, 3.8) is 0 Å². The number of fused-ring (bicyclic) bond motifs is 1. The van der Waals surface area contributed by atoms with E-state index in [0.29, 0.717) is 5.69 Å². The summed E-state index contributed by atoms with van der Waals surface area (Å²) >= 11 is 0. The molecule has 0 aliphatic rings. The molecule has 1 aromatic heterocycles. The number of aliphatic hydroxyl groups excluding tert-OH is 1. The minimum atomic E-state index is -0.0276. The molecule has 0 saturated carbocycles. The van der Waals surface area contributed by atoms with Gasteiger partial charge in [-0.1, -0.05) is 6.07 Å². The average molecular weight is 217 g/mol. The topological polar surface area (TPSA) is 42.4 Å². The Morgan fingerprint density at radius 2 is 2.06 bits per heavy atom. The standard InChI is InChI=1S/C13H15NO2/c1-9(2)16-12-5-6-13-10(7-12)3-4-11(8-15)14-13/h3-7,9,15H,8H2,1-2H3. The van der Waals surface area contributed by atoms with Crippen LogP contribution in [0.1, 0.15) is 19.5 Å². The zero-order chi connectivity index (χ0) is 11.5. The number of rotatable bonds is 3. The summed E-state index contributed by atoms with van der Waals surface area (Å²) in [5, 5.41) is 10.0. The number of pyridine rings is 1. The molecule has 0 radical (unpaired) electrons. The quantitative estimate of drug-likeness (QED) is 0.859. The monoisotopic (exact) mass is 217 g/mol. The van der Waals surface area contributed by atoms with Crippen molar-refractivity contribution in [3.8, 4) is 5.75 Å². The first-order valence-electron chi connectivity index (χ1n) is 5.36. The smallest absolute Gasteiger partial charge is 0.120 e. The van der Waals surface area contributed by atoms with E-state index in [1.165, 1.54) is 0 Å². The molecule has 84 valence electrons. The van der Waals surface area contributed by atoms with E-state index in [1.54, 1.807) is 0 Å². The molecular formula is C13H15NO2. The molecule has 0 aliphatic carbocycles. The van der Waals surface area contributed by atoms with E-state index in [-0.39, 0.29) is 12.7 Å². The first kappa shape index (κ1) is 10.9. The lowest BCUT2D eigenvalue weighted by molar-refractivity contribution is 0.243. The predicted molar refractivity (Wildman–Crippen MR) is 63.4 cm³/mol. The Morgan fingerprint density at radius 1 is 1.25 bits per heavy atom. The van der Waals surface area contributed by atoms with Crippen LogP contribution in [0, 0.1) is 0 Å². The maximum Gasteiger partial charge on any atom is 0.120 e. The van der Waals surface area contributed by atoms with Crippen molar-refractivity contribution in [2.24, 2.45) is 0 Å². The van der Waals surface area contributed by atoms with Gasteiger partial charge in [-0.3, -0.25) is 4.98 Å². The zero-order valence-corrected chi connectivity index (χ0v) is 9.47. The molecule has 0 bridgehead atoms. The van der Waals surface area contributed by atoms with Crippen molar-refractivity contribution in [2.75, 3.05) is 0 Å². The second-order valence-electron chi connectivity index (χ2n) is 3.98. The van der Waals surface area contributed by atoms with Gasteiger partial charge in [-0.05, 0) is 38.1 Å². The summed E-state index contributed by atoms with van der Waals surface area (Å²) < 4.78 is 5.60. The summed E-state index contributed by atoms with van der Waals surface area (Å²) in [5.41, 5.74) is 1.56. The molecule has 3 nitrogen and oxygen atoms in total. The van der Waals surface area contributed by atoms with Gasteiger partial charge in [0.2, 0.25) is 0 Å². The summed E-state index contributed by atoms with van der Waals surface area (Å²) in [4.78, 5) is 4.31. The Morgan fingerprint density at radius 3 is 2.75 bits per heavy atom. The van der Waals surface area contributed by atoms with Crippen LogP contribution < -0.4 is 4.74 Å². The highest BCUT2D eigenvalue weighted by Gasteiger charge is 2.01.